The highest BCUT2D eigenvalue weighted by Crippen LogP contribution is 2.15. The molecule has 2 N–H and O–H groups in total. The van der Waals surface area contributed by atoms with Gasteiger partial charge >= 0.3 is 0 Å². The average molecular weight is 469 g/mol. The van der Waals surface area contributed by atoms with Crippen molar-refractivity contribution in [3.8, 4) is 0 Å². The van der Waals surface area contributed by atoms with Crippen molar-refractivity contribution in [2.24, 2.45) is 18.0 Å². The van der Waals surface area contributed by atoms with Crippen LogP contribution in [0.3, 0.4) is 0 Å². The van der Waals surface area contributed by atoms with Crippen LogP contribution in [0.4, 0.5) is 0 Å². The third-order valence-corrected chi connectivity index (χ3v) is 4.16. The van der Waals surface area contributed by atoms with Crippen molar-refractivity contribution in [3.05, 3.63) is 53.3 Å². The Balaban J connectivity index is 0.00000338. The molecule has 0 spiro atoms. The maximum atomic E-state index is 4.32. The number of hydrogen-bond donors (Lipinski definition) is 2. The van der Waals surface area contributed by atoms with Crippen molar-refractivity contribution < 1.29 is 0 Å². The summed E-state index contributed by atoms with van der Waals surface area (Å²) in [6.07, 6.45) is 5.99. The number of halogens is 1. The number of aliphatic imine (C=N–C) groups is 1. The highest BCUT2D eigenvalue weighted by Gasteiger charge is 2.08. The van der Waals surface area contributed by atoms with Crippen LogP contribution >= 0.6 is 24.0 Å². The molecule has 0 aliphatic heterocycles. The van der Waals surface area contributed by atoms with Crippen LogP contribution in [0, 0.1) is 5.92 Å². The van der Waals surface area contributed by atoms with Gasteiger partial charge in [-0.1, -0.05) is 38.1 Å². The summed E-state index contributed by atoms with van der Waals surface area (Å²) in [5.41, 5.74) is 3.88. The highest BCUT2D eigenvalue weighted by atomic mass is 127. The van der Waals surface area contributed by atoms with Gasteiger partial charge in [0.05, 0.1) is 12.2 Å². The van der Waals surface area contributed by atoms with Crippen LogP contribution in [-0.4, -0.2) is 29.3 Å². The zero-order valence-electron chi connectivity index (χ0n) is 16.5. The van der Waals surface area contributed by atoms with E-state index in [0.29, 0.717) is 5.92 Å². The molecule has 1 unspecified atom stereocenters. The number of rotatable bonds is 7. The van der Waals surface area contributed by atoms with Crippen molar-refractivity contribution >= 4 is 29.9 Å². The summed E-state index contributed by atoms with van der Waals surface area (Å²) in [7, 11) is 3.74. The van der Waals surface area contributed by atoms with Crippen molar-refractivity contribution in [1.29, 1.82) is 0 Å². The van der Waals surface area contributed by atoms with E-state index in [0.717, 1.165) is 25.3 Å². The van der Waals surface area contributed by atoms with Crippen LogP contribution in [-0.2, 0) is 19.9 Å². The predicted molar refractivity (Wildman–Crippen MR) is 120 cm³/mol. The first-order valence-electron chi connectivity index (χ1n) is 9.01. The molecule has 0 bridgehead atoms. The molecular weight excluding hydrogens is 437 g/mol. The SMILES string of the molecule is CN=C(NCCc1cnn(C)c1)NC(C)c1ccc(CC(C)C)cc1.I. The number of nitrogens with zero attached hydrogens (tertiary/aromatic N) is 3. The third kappa shape index (κ3) is 7.35. The van der Waals surface area contributed by atoms with Gasteiger partial charge in [-0.15, -0.1) is 24.0 Å². The summed E-state index contributed by atoms with van der Waals surface area (Å²) in [6.45, 7) is 7.48. The number of nitrogens with one attached hydrogen (secondary N) is 2. The lowest BCUT2D eigenvalue weighted by molar-refractivity contribution is 0.645. The summed E-state index contributed by atoms with van der Waals surface area (Å²) >= 11 is 0. The van der Waals surface area contributed by atoms with Crippen LogP contribution in [0.25, 0.3) is 0 Å². The fourth-order valence-corrected chi connectivity index (χ4v) is 2.82. The van der Waals surface area contributed by atoms with Crippen molar-refractivity contribution in [1.82, 2.24) is 20.4 Å². The molecule has 0 saturated carbocycles. The lowest BCUT2D eigenvalue weighted by atomic mass is 10.00. The van der Waals surface area contributed by atoms with Gasteiger partial charge in [-0.3, -0.25) is 9.67 Å². The van der Waals surface area contributed by atoms with Gasteiger partial charge in [0.25, 0.3) is 0 Å². The minimum absolute atomic E-state index is 0. The molecule has 2 rings (SSSR count). The molecule has 26 heavy (non-hydrogen) atoms. The molecule has 0 aliphatic rings. The second kappa shape index (κ2) is 11.2. The molecule has 0 fully saturated rings. The van der Waals surface area contributed by atoms with Crippen molar-refractivity contribution in [2.75, 3.05) is 13.6 Å². The lowest BCUT2D eigenvalue weighted by Crippen LogP contribution is -2.39. The largest absolute Gasteiger partial charge is 0.356 e. The topological polar surface area (TPSA) is 54.2 Å². The van der Waals surface area contributed by atoms with E-state index in [9.17, 15) is 0 Å². The van der Waals surface area contributed by atoms with E-state index in [2.05, 4.69) is 65.8 Å². The smallest absolute Gasteiger partial charge is 0.191 e. The van der Waals surface area contributed by atoms with Crippen molar-refractivity contribution in [3.63, 3.8) is 0 Å². The number of aryl methyl sites for hydroxylation is 1. The molecule has 0 saturated heterocycles. The molecule has 6 heteroatoms. The maximum absolute atomic E-state index is 4.32. The monoisotopic (exact) mass is 469 g/mol. The van der Waals surface area contributed by atoms with Crippen LogP contribution in [0.1, 0.15) is 43.5 Å². The van der Waals surface area contributed by atoms with Gasteiger partial charge in [0.1, 0.15) is 0 Å². The molecule has 5 nitrogen and oxygen atoms in total. The van der Waals surface area contributed by atoms with Gasteiger partial charge in [-0.25, -0.2) is 0 Å². The van der Waals surface area contributed by atoms with E-state index in [1.54, 1.807) is 7.05 Å². The Labute approximate surface area is 174 Å². The summed E-state index contributed by atoms with van der Waals surface area (Å²) in [6, 6.07) is 9.08. The quantitative estimate of drug-likeness (QED) is 0.370. The molecule has 1 aromatic heterocycles. The Bertz CT molecular complexity index is 676. The Kier molecular flexibility index (Phi) is 9.69. The van der Waals surface area contributed by atoms with Gasteiger partial charge in [0.15, 0.2) is 5.96 Å². The van der Waals surface area contributed by atoms with E-state index in [1.165, 1.54) is 16.7 Å². The van der Waals surface area contributed by atoms with E-state index in [4.69, 9.17) is 0 Å². The molecule has 0 amide bonds. The number of benzene rings is 1. The first-order valence-corrected chi connectivity index (χ1v) is 9.01. The van der Waals surface area contributed by atoms with Crippen LogP contribution in [0.2, 0.25) is 0 Å². The van der Waals surface area contributed by atoms with Gasteiger partial charge in [0.2, 0.25) is 0 Å². The first-order chi connectivity index (χ1) is 12.0. The fraction of sp³-hybridized carbons (Fsp3) is 0.500. The van der Waals surface area contributed by atoms with E-state index >= 15 is 0 Å². The van der Waals surface area contributed by atoms with Crippen LogP contribution < -0.4 is 10.6 Å². The van der Waals surface area contributed by atoms with Crippen molar-refractivity contribution in [2.45, 2.75) is 39.7 Å². The van der Waals surface area contributed by atoms with Crippen LogP contribution in [0.5, 0.6) is 0 Å². The Morgan fingerprint density at radius 1 is 1.15 bits per heavy atom. The molecule has 0 aliphatic carbocycles. The summed E-state index contributed by atoms with van der Waals surface area (Å²) < 4.78 is 1.83. The van der Waals surface area contributed by atoms with E-state index < -0.39 is 0 Å². The van der Waals surface area contributed by atoms with Gasteiger partial charge in [0, 0.05) is 26.8 Å². The molecule has 144 valence electrons. The highest BCUT2D eigenvalue weighted by molar-refractivity contribution is 14.0. The number of aromatic nitrogens is 2. The molecule has 1 heterocycles. The minimum atomic E-state index is 0. The normalized spacial score (nSPS) is 12.6. The van der Waals surface area contributed by atoms with Crippen LogP contribution in [0.15, 0.2) is 41.7 Å². The zero-order valence-corrected chi connectivity index (χ0v) is 18.8. The fourth-order valence-electron chi connectivity index (χ4n) is 2.82. The second-order valence-corrected chi connectivity index (χ2v) is 6.98. The lowest BCUT2D eigenvalue weighted by Gasteiger charge is -2.18. The average Bonchev–Trinajstić information content (AvgIpc) is 2.99. The summed E-state index contributed by atoms with van der Waals surface area (Å²) in [4.78, 5) is 4.32. The Morgan fingerprint density at radius 3 is 2.38 bits per heavy atom. The summed E-state index contributed by atoms with van der Waals surface area (Å²) in [5.74, 6) is 1.51. The second-order valence-electron chi connectivity index (χ2n) is 6.98. The molecule has 2 aromatic rings. The van der Waals surface area contributed by atoms with E-state index in [-0.39, 0.29) is 30.0 Å². The molecule has 0 radical (unpaired) electrons. The first kappa shape index (κ1) is 22.5. The summed E-state index contributed by atoms with van der Waals surface area (Å²) in [5, 5.41) is 11.0. The van der Waals surface area contributed by atoms with Gasteiger partial charge in [-0.05, 0) is 42.4 Å². The maximum Gasteiger partial charge on any atom is 0.191 e. The van der Waals surface area contributed by atoms with E-state index in [1.807, 2.05) is 24.1 Å². The molecule has 1 atom stereocenters. The zero-order chi connectivity index (χ0) is 18.2. The standard InChI is InChI=1S/C20H31N5.HI/c1-15(2)12-17-6-8-19(9-7-17)16(3)24-20(21-4)22-11-10-18-13-23-25(5)14-18;/h6-9,13-16H,10-12H2,1-5H3,(H2,21,22,24);1H. The van der Waals surface area contributed by atoms with Gasteiger partial charge in [-0.2, -0.15) is 5.10 Å². The third-order valence-electron chi connectivity index (χ3n) is 4.16. The number of hydrogen-bond acceptors (Lipinski definition) is 2. The Morgan fingerprint density at radius 2 is 1.85 bits per heavy atom. The Hall–Kier alpha value is -1.57. The molecular formula is C20H32IN5. The minimum Gasteiger partial charge on any atom is -0.356 e. The molecule has 1 aromatic carbocycles. The van der Waals surface area contributed by atoms with Gasteiger partial charge < -0.3 is 10.6 Å². The predicted octanol–water partition coefficient (Wildman–Crippen LogP) is 3.71. The number of guanidine groups is 1.